The first-order chi connectivity index (χ1) is 35.7. The van der Waals surface area contributed by atoms with E-state index in [1.807, 2.05) is 0 Å². The summed E-state index contributed by atoms with van der Waals surface area (Å²) in [5.74, 6) is -11.8. The van der Waals surface area contributed by atoms with Crippen LogP contribution in [0.25, 0.3) is 0 Å². The summed E-state index contributed by atoms with van der Waals surface area (Å²) in [6.45, 7) is 32.3. The molecule has 0 radical (unpaired) electrons. The van der Waals surface area contributed by atoms with Crippen LogP contribution in [0.3, 0.4) is 0 Å². The van der Waals surface area contributed by atoms with Gasteiger partial charge in [-0.3, -0.25) is 0 Å². The first-order valence-corrected chi connectivity index (χ1v) is 18.9. The highest BCUT2D eigenvalue weighted by atomic mass is 16.4. The first kappa shape index (κ1) is 105. The predicted octanol–water partition coefficient (Wildman–Crippen LogP) is -1.03. The third-order valence-corrected chi connectivity index (χ3v) is 4.78. The van der Waals surface area contributed by atoms with Gasteiger partial charge in [0.15, 0.2) is 0 Å². The number of carbonyl (C=O) groups is 12. The van der Waals surface area contributed by atoms with E-state index in [-0.39, 0.29) is 0 Å². The molecule has 32 heteroatoms. The van der Waals surface area contributed by atoms with Crippen LogP contribution in [0.15, 0.2) is 152 Å². The van der Waals surface area contributed by atoms with E-state index in [9.17, 15) is 57.5 Å². The molecule has 0 amide bonds. The average Bonchev–Trinajstić information content (AvgIpc) is 3.42. The molecule has 0 saturated carbocycles. The van der Waals surface area contributed by atoms with Crippen LogP contribution in [0.1, 0.15) is 0 Å². The molecule has 0 aromatic rings. The van der Waals surface area contributed by atoms with E-state index in [1.165, 1.54) is 0 Å². The Hall–Kier alpha value is -9.80. The number of carboxylic acids is 12. The lowest BCUT2D eigenvalue weighted by Crippen LogP contribution is -2.37. The Morgan fingerprint density at radius 3 is 0.231 bits per heavy atom. The quantitative estimate of drug-likeness (QED) is 0.0648. The van der Waals surface area contributed by atoms with Crippen molar-refractivity contribution in [3.63, 3.8) is 0 Å². The fraction of sp³-hybridized carbons (Fsp3) is 0.217. The molecule has 0 atom stereocenters. The van der Waals surface area contributed by atoms with Crippen LogP contribution in [-0.2, 0) is 57.5 Å². The maximum Gasteiger partial charge on any atom is 0.327 e. The van der Waals surface area contributed by atoms with Crippen molar-refractivity contribution in [2.45, 2.75) is 0 Å². The van der Waals surface area contributed by atoms with Crippen molar-refractivity contribution in [1.29, 1.82) is 0 Å². The maximum absolute atomic E-state index is 9.25. The molecule has 448 valence electrons. The zero-order chi connectivity index (χ0) is 66.1. The van der Waals surface area contributed by atoms with Gasteiger partial charge in [-0.15, -0.1) is 0 Å². The second-order valence-corrected chi connectivity index (χ2v) is 10.8. The second kappa shape index (κ2) is 86.9. The van der Waals surface area contributed by atoms with Crippen LogP contribution < -0.4 is 0 Å². The third kappa shape index (κ3) is 193. The van der Waals surface area contributed by atoms with Gasteiger partial charge in [-0.2, -0.15) is 0 Å². The molecule has 0 heterocycles. The molecule has 0 aliphatic heterocycles. The molecule has 32 nitrogen and oxygen atoms in total. The van der Waals surface area contributed by atoms with E-state index < -0.39 is 135 Å². The van der Waals surface area contributed by atoms with Gasteiger partial charge in [-0.05, 0) is 0 Å². The summed E-state index contributed by atoms with van der Waals surface area (Å²) in [5, 5.41) is 159. The molecular weight excluding hydrogens is 1060 g/mol. The lowest BCUT2D eigenvalue weighted by atomic mass is 9.93. The zero-order valence-electron chi connectivity index (χ0n) is 41.9. The van der Waals surface area contributed by atoms with E-state index >= 15 is 0 Å². The van der Waals surface area contributed by atoms with Gasteiger partial charge in [0, 0.05) is 72.9 Å². The number of aliphatic hydroxyl groups excluding tert-OH is 8. The van der Waals surface area contributed by atoms with Gasteiger partial charge in [-0.1, -0.05) is 78.9 Å². The number of aliphatic carboxylic acids is 12. The van der Waals surface area contributed by atoms with Gasteiger partial charge in [-0.25, -0.2) is 57.5 Å². The molecule has 0 unspecified atom stereocenters. The standard InChI is InChI=1S/2C5H12O4.12C3H4O2/c2*6-1-5(2-7,3-8)4-9;12*1-2-3(4)5/h2*6-9H,1-4H2;12*2H,1H2,(H,4,5). The van der Waals surface area contributed by atoms with Crippen LogP contribution in [0.4, 0.5) is 0 Å². The fourth-order valence-corrected chi connectivity index (χ4v) is 0.600. The van der Waals surface area contributed by atoms with Crippen molar-refractivity contribution in [2.24, 2.45) is 10.8 Å². The van der Waals surface area contributed by atoms with Crippen molar-refractivity contribution >= 4 is 71.6 Å². The van der Waals surface area contributed by atoms with E-state index in [2.05, 4.69) is 78.9 Å². The van der Waals surface area contributed by atoms with Crippen molar-refractivity contribution in [3.05, 3.63) is 152 Å². The van der Waals surface area contributed by atoms with E-state index in [0.717, 1.165) is 72.9 Å². The molecule has 0 spiro atoms. The monoisotopic (exact) mass is 1140 g/mol. The van der Waals surface area contributed by atoms with Gasteiger partial charge in [0.1, 0.15) is 0 Å². The summed E-state index contributed by atoms with van der Waals surface area (Å²) in [6, 6.07) is 0. The van der Waals surface area contributed by atoms with E-state index in [4.69, 9.17) is 102 Å². The normalized spacial score (nSPS) is 7.69. The molecule has 0 saturated heterocycles. The van der Waals surface area contributed by atoms with Gasteiger partial charge < -0.3 is 102 Å². The van der Waals surface area contributed by atoms with Gasteiger partial charge in [0.2, 0.25) is 0 Å². The lowest BCUT2D eigenvalue weighted by molar-refractivity contribution is -0.132. The Bertz CT molecular complexity index is 1340. The molecule has 0 aromatic heterocycles. The molecular formula is C46H72O32. The Kier molecular flexibility index (Phi) is 117. The highest BCUT2D eigenvalue weighted by Crippen LogP contribution is 2.12. The maximum atomic E-state index is 9.25. The Labute approximate surface area is 446 Å². The molecule has 0 aliphatic rings. The van der Waals surface area contributed by atoms with E-state index in [1.54, 1.807) is 0 Å². The summed E-state index contributed by atoms with van der Waals surface area (Å²) in [7, 11) is 0. The minimum Gasteiger partial charge on any atom is -0.478 e. The molecule has 0 aromatic carbocycles. The van der Waals surface area contributed by atoms with Crippen LogP contribution in [0, 0.1) is 10.8 Å². The van der Waals surface area contributed by atoms with Crippen LogP contribution in [0.5, 0.6) is 0 Å². The summed E-state index contributed by atoms with van der Waals surface area (Å²) in [5.41, 5.74) is -2.22. The highest BCUT2D eigenvalue weighted by molar-refractivity contribution is 5.82. The summed E-state index contributed by atoms with van der Waals surface area (Å²) < 4.78 is 0. The third-order valence-electron chi connectivity index (χ3n) is 4.78. The van der Waals surface area contributed by atoms with Gasteiger partial charge in [0.25, 0.3) is 0 Å². The van der Waals surface area contributed by atoms with Crippen LogP contribution >= 0.6 is 0 Å². The van der Waals surface area contributed by atoms with E-state index in [0.29, 0.717) is 0 Å². The average molecular weight is 1140 g/mol. The largest absolute Gasteiger partial charge is 0.478 e. The van der Waals surface area contributed by atoms with Crippen molar-refractivity contribution in [3.8, 4) is 0 Å². The van der Waals surface area contributed by atoms with Crippen LogP contribution in [-0.4, -0.2) is 227 Å². The molecule has 0 aliphatic carbocycles. The number of aliphatic hydroxyl groups is 8. The van der Waals surface area contributed by atoms with Crippen molar-refractivity contribution in [1.82, 2.24) is 0 Å². The molecule has 20 N–H and O–H groups in total. The zero-order valence-corrected chi connectivity index (χ0v) is 41.9. The molecule has 0 fully saturated rings. The molecule has 78 heavy (non-hydrogen) atoms. The summed E-state index contributed by atoms with van der Waals surface area (Å²) in [4.78, 5) is 111. The van der Waals surface area contributed by atoms with Gasteiger partial charge in [0.05, 0.1) is 63.7 Å². The minimum atomic E-state index is -1.11. The molecule has 0 bridgehead atoms. The SMILES string of the molecule is C=CC(=O)O.C=CC(=O)O.C=CC(=O)O.C=CC(=O)O.C=CC(=O)O.C=CC(=O)O.C=CC(=O)O.C=CC(=O)O.C=CC(=O)O.C=CC(=O)O.C=CC(=O)O.C=CC(=O)O.OCC(CO)(CO)CO.OCC(CO)(CO)CO. The topological polar surface area (TPSA) is 609 Å². The summed E-state index contributed by atoms with van der Waals surface area (Å²) in [6.07, 6.45) is 10.0. The Morgan fingerprint density at radius 2 is 0.231 bits per heavy atom. The van der Waals surface area contributed by atoms with Crippen molar-refractivity contribution in [2.75, 3.05) is 52.9 Å². The number of hydrogen-bond acceptors (Lipinski definition) is 20. The predicted molar refractivity (Wildman–Crippen MR) is 276 cm³/mol. The fourth-order valence-electron chi connectivity index (χ4n) is 0.600. The lowest BCUT2D eigenvalue weighted by Gasteiger charge is -2.23. The summed E-state index contributed by atoms with van der Waals surface area (Å²) >= 11 is 0. The van der Waals surface area contributed by atoms with Gasteiger partial charge >= 0.3 is 71.6 Å². The Morgan fingerprint density at radius 1 is 0.192 bits per heavy atom. The molecule has 0 rings (SSSR count). The number of carboxylic acid groups (broad SMARTS) is 12. The minimum absolute atomic E-state index is 0.406. The second-order valence-electron chi connectivity index (χ2n) is 10.8. The highest BCUT2D eigenvalue weighted by Gasteiger charge is 2.27. The van der Waals surface area contributed by atoms with Crippen LogP contribution in [0.2, 0.25) is 0 Å². The number of rotatable bonds is 20. The number of hydrogen-bond donors (Lipinski definition) is 20. The Balaban J connectivity index is -0.0000000474. The smallest absolute Gasteiger partial charge is 0.327 e. The first-order valence-electron chi connectivity index (χ1n) is 18.9. The van der Waals surface area contributed by atoms with Crippen molar-refractivity contribution < 1.29 is 160 Å².